The molecule has 7 heteroatoms. The molecule has 0 aliphatic heterocycles. The summed E-state index contributed by atoms with van der Waals surface area (Å²) in [7, 11) is 0. The van der Waals surface area contributed by atoms with Gasteiger partial charge in [0.25, 0.3) is 0 Å². The SMILES string of the molecule is CCCCC(CC)CN(CC(CC)CCCC)C([O-])=S.NC([O-])=S.[Zn+2]. The second-order valence-corrected chi connectivity index (χ2v) is 7.07. The predicted molar refractivity (Wildman–Crippen MR) is 108 cm³/mol. The van der Waals surface area contributed by atoms with Gasteiger partial charge >= 0.3 is 19.5 Å². The van der Waals surface area contributed by atoms with Gasteiger partial charge in [0.2, 0.25) is 0 Å². The van der Waals surface area contributed by atoms with Gasteiger partial charge in [0.1, 0.15) is 0 Å². The van der Waals surface area contributed by atoms with E-state index in [0.29, 0.717) is 11.8 Å². The van der Waals surface area contributed by atoms with Crippen LogP contribution < -0.4 is 15.9 Å². The number of rotatable bonds is 12. The number of hydrogen-bond acceptors (Lipinski definition) is 4. The molecule has 0 aromatic heterocycles. The van der Waals surface area contributed by atoms with Crippen molar-refractivity contribution in [2.24, 2.45) is 17.6 Å². The van der Waals surface area contributed by atoms with Crippen LogP contribution in [0.1, 0.15) is 79.1 Å². The van der Waals surface area contributed by atoms with Gasteiger partial charge in [0.05, 0.1) is 0 Å². The van der Waals surface area contributed by atoms with Crippen molar-refractivity contribution in [1.29, 1.82) is 0 Å². The quantitative estimate of drug-likeness (QED) is 0.370. The van der Waals surface area contributed by atoms with E-state index < -0.39 is 5.17 Å². The van der Waals surface area contributed by atoms with Gasteiger partial charge in [0.15, 0.2) is 0 Å². The fourth-order valence-electron chi connectivity index (χ4n) is 2.68. The number of hydrogen-bond donors (Lipinski definition) is 1. The number of thiocarbonyl (C=S) groups is 2. The minimum atomic E-state index is -0.750. The molecular weight excluding hydrogens is 406 g/mol. The topological polar surface area (TPSA) is 75.4 Å². The zero-order valence-corrected chi connectivity index (χ0v) is 21.2. The molecule has 0 aliphatic carbocycles. The van der Waals surface area contributed by atoms with Crippen LogP contribution >= 0.6 is 24.4 Å². The smallest absolute Gasteiger partial charge is 0.852 e. The maximum atomic E-state index is 11.7. The second-order valence-electron chi connectivity index (χ2n) is 6.32. The van der Waals surface area contributed by atoms with Crippen LogP contribution in [-0.4, -0.2) is 28.3 Å². The molecule has 0 aliphatic rings. The first-order valence-corrected chi connectivity index (χ1v) is 10.1. The minimum Gasteiger partial charge on any atom is -0.852 e. The van der Waals surface area contributed by atoms with Gasteiger partial charge in [-0.15, -0.1) is 0 Å². The van der Waals surface area contributed by atoms with Crippen molar-refractivity contribution in [2.45, 2.75) is 79.1 Å². The van der Waals surface area contributed by atoms with Crippen LogP contribution in [0.5, 0.6) is 0 Å². The van der Waals surface area contributed by atoms with Crippen LogP contribution in [-0.2, 0) is 19.5 Å². The third kappa shape index (κ3) is 20.2. The molecule has 2 atom stereocenters. The monoisotopic (exact) mass is 440 g/mol. The molecule has 0 spiro atoms. The van der Waals surface area contributed by atoms with E-state index in [9.17, 15) is 5.11 Å². The molecule has 0 radical (unpaired) electrons. The van der Waals surface area contributed by atoms with Crippen LogP contribution in [0.15, 0.2) is 0 Å². The van der Waals surface area contributed by atoms with Crippen LogP contribution in [0.3, 0.4) is 0 Å². The Bertz CT molecular complexity index is 312. The molecule has 0 aromatic carbocycles. The summed E-state index contributed by atoms with van der Waals surface area (Å²) >= 11 is 8.70. The summed E-state index contributed by atoms with van der Waals surface area (Å²) in [5, 5.41) is 19.9. The Labute approximate surface area is 178 Å². The van der Waals surface area contributed by atoms with Gasteiger partial charge in [-0.2, -0.15) is 0 Å². The minimum absolute atomic E-state index is 0. The molecule has 0 saturated carbocycles. The van der Waals surface area contributed by atoms with Crippen LogP contribution in [0.25, 0.3) is 0 Å². The molecule has 4 nitrogen and oxygen atoms in total. The van der Waals surface area contributed by atoms with Gasteiger partial charge in [-0.25, -0.2) is 0 Å². The van der Waals surface area contributed by atoms with Crippen molar-refractivity contribution < 1.29 is 29.7 Å². The average Bonchev–Trinajstić information content (AvgIpc) is 2.52. The first-order chi connectivity index (χ1) is 11.3. The molecule has 0 amide bonds. The summed E-state index contributed by atoms with van der Waals surface area (Å²) in [6, 6.07) is 0. The molecular formula is C18H36N2O2S2Zn. The van der Waals surface area contributed by atoms with E-state index in [1.807, 2.05) is 4.90 Å². The first kappa shape index (κ1) is 29.8. The Balaban J connectivity index is -0.000000867. The van der Waals surface area contributed by atoms with E-state index in [4.69, 9.17) is 17.3 Å². The van der Waals surface area contributed by atoms with Crippen molar-refractivity contribution in [1.82, 2.24) is 4.90 Å². The van der Waals surface area contributed by atoms with Gasteiger partial charge in [-0.1, -0.05) is 90.7 Å². The Morgan fingerprint density at radius 2 is 1.20 bits per heavy atom. The Kier molecular flexibility index (Phi) is 24.2. The maximum Gasteiger partial charge on any atom is 2.00 e. The number of nitrogens with two attached hydrogens (primary N) is 1. The Morgan fingerprint density at radius 3 is 1.40 bits per heavy atom. The predicted octanol–water partition coefficient (Wildman–Crippen LogP) is 2.95. The van der Waals surface area contributed by atoms with E-state index in [-0.39, 0.29) is 24.7 Å². The van der Waals surface area contributed by atoms with Crippen molar-refractivity contribution in [2.75, 3.05) is 13.1 Å². The standard InChI is InChI=1S/C17H35NOS.CH3NOS.Zn/c1-5-9-11-15(7-3)13-18(17(19)20)14-16(8-4)12-10-6-2;2-1(3)4;/h15-16H,5-14H2,1-4H3,(H,19,20);(H3,2,3,4);/q;;+2/p-2. The van der Waals surface area contributed by atoms with E-state index in [0.717, 1.165) is 25.9 Å². The van der Waals surface area contributed by atoms with Gasteiger partial charge in [0, 0.05) is 23.4 Å². The molecule has 0 fully saturated rings. The Hall–Kier alpha value is 0.00338. The summed E-state index contributed by atoms with van der Waals surface area (Å²) < 4.78 is 0. The van der Waals surface area contributed by atoms with Crippen molar-refractivity contribution >= 4 is 34.8 Å². The summed E-state index contributed by atoms with van der Waals surface area (Å²) in [5.41, 5.74) is 4.29. The van der Waals surface area contributed by atoms with Crippen molar-refractivity contribution in [3.63, 3.8) is 0 Å². The second kappa shape index (κ2) is 20.3. The normalized spacial score (nSPS) is 12.2. The van der Waals surface area contributed by atoms with Crippen LogP contribution in [0, 0.1) is 11.8 Å². The third-order valence-corrected chi connectivity index (χ3v) is 4.56. The van der Waals surface area contributed by atoms with E-state index in [2.05, 4.69) is 45.6 Å². The summed E-state index contributed by atoms with van der Waals surface area (Å²) in [5.74, 6) is 1.23. The third-order valence-electron chi connectivity index (χ3n) is 4.30. The van der Waals surface area contributed by atoms with Gasteiger partial charge in [-0.05, 0) is 24.7 Å². The largest absolute Gasteiger partial charge is 2.00 e. The summed E-state index contributed by atoms with van der Waals surface area (Å²) in [4.78, 5) is 1.93. The van der Waals surface area contributed by atoms with E-state index in [1.54, 1.807) is 0 Å². The number of unbranched alkanes of at least 4 members (excludes halogenated alkanes) is 2. The molecule has 25 heavy (non-hydrogen) atoms. The molecule has 144 valence electrons. The van der Waals surface area contributed by atoms with E-state index in [1.165, 1.54) is 38.5 Å². The Morgan fingerprint density at radius 1 is 0.880 bits per heavy atom. The molecule has 0 aromatic rings. The van der Waals surface area contributed by atoms with Crippen LogP contribution in [0.2, 0.25) is 0 Å². The number of nitrogens with zero attached hydrogens (tertiary/aromatic N) is 1. The molecule has 0 heterocycles. The molecule has 0 rings (SSSR count). The average molecular weight is 442 g/mol. The zero-order chi connectivity index (χ0) is 19.0. The van der Waals surface area contributed by atoms with Crippen molar-refractivity contribution in [3.8, 4) is 0 Å². The fraction of sp³-hybridized carbons (Fsp3) is 0.889. The van der Waals surface area contributed by atoms with Crippen molar-refractivity contribution in [3.05, 3.63) is 0 Å². The molecule has 2 unspecified atom stereocenters. The van der Waals surface area contributed by atoms with Gasteiger partial charge < -0.3 is 20.8 Å². The van der Waals surface area contributed by atoms with Gasteiger partial charge in [-0.3, -0.25) is 0 Å². The molecule has 2 N–H and O–H groups in total. The maximum absolute atomic E-state index is 11.7. The van der Waals surface area contributed by atoms with Crippen LogP contribution in [0.4, 0.5) is 0 Å². The zero-order valence-electron chi connectivity index (χ0n) is 16.6. The van der Waals surface area contributed by atoms with E-state index >= 15 is 0 Å². The summed E-state index contributed by atoms with van der Waals surface area (Å²) in [6.07, 6.45) is 9.69. The summed E-state index contributed by atoms with van der Waals surface area (Å²) in [6.45, 7) is 10.6. The first-order valence-electron chi connectivity index (χ1n) is 9.24. The fourth-order valence-corrected chi connectivity index (χ4v) is 2.83. The molecule has 0 bridgehead atoms. The molecule has 0 saturated heterocycles.